The van der Waals surface area contributed by atoms with Gasteiger partial charge in [-0.15, -0.1) is 0 Å². The van der Waals surface area contributed by atoms with Crippen LogP contribution in [0, 0.1) is 17.1 Å². The first-order valence-corrected chi connectivity index (χ1v) is 10.1. The van der Waals surface area contributed by atoms with Crippen molar-refractivity contribution in [1.82, 2.24) is 24.3 Å². The lowest BCUT2D eigenvalue weighted by molar-refractivity contribution is 0.247. The number of hydrogen-bond acceptors (Lipinski definition) is 7. The molecule has 0 bridgehead atoms. The molecule has 0 spiro atoms. The molecule has 3 heterocycles. The number of anilines is 2. The molecule has 3 aromatic heterocycles. The fourth-order valence-corrected chi connectivity index (χ4v) is 3.52. The summed E-state index contributed by atoms with van der Waals surface area (Å²) in [6.07, 6.45) is 4.48. The van der Waals surface area contributed by atoms with Gasteiger partial charge < -0.3 is 15.0 Å². The highest BCUT2D eigenvalue weighted by Crippen LogP contribution is 2.24. The number of nitrogens with one attached hydrogen (secondary N) is 1. The number of nitrogens with zero attached hydrogens (tertiary/aromatic N) is 6. The molecule has 0 amide bonds. The predicted octanol–water partition coefficient (Wildman–Crippen LogP) is 3.03. The highest BCUT2D eigenvalue weighted by molar-refractivity contribution is 6.30. The zero-order chi connectivity index (χ0) is 23.5. The number of halogens is 2. The highest BCUT2D eigenvalue weighted by atomic mass is 35.5. The van der Waals surface area contributed by atoms with Gasteiger partial charge in [0.05, 0.1) is 29.6 Å². The van der Waals surface area contributed by atoms with Crippen LogP contribution in [0.2, 0.25) is 5.02 Å². The van der Waals surface area contributed by atoms with Gasteiger partial charge in [-0.25, -0.2) is 14.4 Å². The average Bonchev–Trinajstić information content (AvgIpc) is 3.17. The van der Waals surface area contributed by atoms with Crippen molar-refractivity contribution in [2.24, 2.45) is 7.05 Å². The van der Waals surface area contributed by atoms with Gasteiger partial charge in [-0.3, -0.25) is 9.48 Å². The van der Waals surface area contributed by atoms with Gasteiger partial charge in [0.25, 0.3) is 5.56 Å². The van der Waals surface area contributed by atoms with Crippen LogP contribution in [0.1, 0.15) is 17.2 Å². The van der Waals surface area contributed by atoms with Crippen LogP contribution in [0.25, 0.3) is 11.3 Å². The number of benzene rings is 1. The monoisotopic (exact) mass is 465 g/mol. The standard InChI is InChI=1S/C22H17ClFN7O2/c1-30-21(15(10-25)11-27-30)29-22-26-6-4-18(28-22)13-5-7-31(20(33)9-13)19(12-32)14-2-3-17(24)16(23)8-14/h2-9,11,19,32H,12H2,1H3,(H,26,28,29)/t19-/m1/s1. The van der Waals surface area contributed by atoms with E-state index < -0.39 is 17.4 Å². The lowest BCUT2D eigenvalue weighted by Gasteiger charge is -2.18. The molecule has 0 fully saturated rings. The highest BCUT2D eigenvalue weighted by Gasteiger charge is 2.17. The largest absolute Gasteiger partial charge is 0.394 e. The van der Waals surface area contributed by atoms with E-state index in [4.69, 9.17) is 11.6 Å². The zero-order valence-electron chi connectivity index (χ0n) is 17.3. The first-order valence-electron chi connectivity index (χ1n) is 9.71. The molecule has 0 unspecified atom stereocenters. The smallest absolute Gasteiger partial charge is 0.251 e. The molecule has 0 radical (unpaired) electrons. The van der Waals surface area contributed by atoms with Gasteiger partial charge in [0.2, 0.25) is 5.95 Å². The Labute approximate surface area is 192 Å². The maximum atomic E-state index is 13.5. The minimum atomic E-state index is -0.735. The fourth-order valence-electron chi connectivity index (χ4n) is 3.33. The molecule has 0 aliphatic heterocycles. The number of pyridine rings is 1. The summed E-state index contributed by atoms with van der Waals surface area (Å²) in [4.78, 5) is 21.4. The summed E-state index contributed by atoms with van der Waals surface area (Å²) in [6.45, 7) is -0.380. The van der Waals surface area contributed by atoms with Crippen LogP contribution in [-0.4, -0.2) is 36.0 Å². The molecule has 166 valence electrons. The molecule has 9 nitrogen and oxygen atoms in total. The molecule has 11 heteroatoms. The Morgan fingerprint density at radius 1 is 1.30 bits per heavy atom. The van der Waals surface area contributed by atoms with Crippen molar-refractivity contribution in [3.8, 4) is 17.3 Å². The van der Waals surface area contributed by atoms with Gasteiger partial charge in [0, 0.05) is 31.1 Å². The van der Waals surface area contributed by atoms with Gasteiger partial charge in [0.1, 0.15) is 23.3 Å². The zero-order valence-corrected chi connectivity index (χ0v) is 18.0. The van der Waals surface area contributed by atoms with Crippen molar-refractivity contribution >= 4 is 23.4 Å². The molecular weight excluding hydrogens is 449 g/mol. The number of aromatic nitrogens is 5. The number of rotatable bonds is 6. The maximum Gasteiger partial charge on any atom is 0.251 e. The predicted molar refractivity (Wildman–Crippen MR) is 120 cm³/mol. The molecule has 1 aromatic carbocycles. The molecule has 0 aliphatic carbocycles. The van der Waals surface area contributed by atoms with Crippen LogP contribution in [0.15, 0.2) is 59.8 Å². The first-order chi connectivity index (χ1) is 15.9. The van der Waals surface area contributed by atoms with E-state index in [9.17, 15) is 19.6 Å². The number of hydrogen-bond donors (Lipinski definition) is 2. The first kappa shape index (κ1) is 22.1. The SMILES string of the molecule is Cn1ncc(C#N)c1Nc1nccc(-c2ccn([C@H](CO)c3ccc(F)c(Cl)c3)c(=O)c2)n1. The van der Waals surface area contributed by atoms with Gasteiger partial charge >= 0.3 is 0 Å². The summed E-state index contributed by atoms with van der Waals surface area (Å²) in [5.74, 6) is 0.0840. The lowest BCUT2D eigenvalue weighted by atomic mass is 10.1. The van der Waals surface area contributed by atoms with Gasteiger partial charge in [0.15, 0.2) is 0 Å². The molecule has 4 rings (SSSR count). The molecule has 0 saturated carbocycles. The second kappa shape index (κ2) is 9.20. The second-order valence-corrected chi connectivity index (χ2v) is 7.47. The third kappa shape index (κ3) is 4.45. The lowest BCUT2D eigenvalue weighted by Crippen LogP contribution is -2.26. The molecule has 33 heavy (non-hydrogen) atoms. The number of aliphatic hydroxyl groups is 1. The van der Waals surface area contributed by atoms with Crippen molar-refractivity contribution in [2.75, 3.05) is 11.9 Å². The molecule has 2 N–H and O–H groups in total. The van der Waals surface area contributed by atoms with E-state index in [2.05, 4.69) is 20.4 Å². The third-order valence-electron chi connectivity index (χ3n) is 5.03. The van der Waals surface area contributed by atoms with Crippen LogP contribution in [0.3, 0.4) is 0 Å². The summed E-state index contributed by atoms with van der Waals surface area (Å²) in [7, 11) is 1.68. The summed E-state index contributed by atoms with van der Waals surface area (Å²) in [5, 5.41) is 26.0. The fraction of sp³-hybridized carbons (Fsp3) is 0.136. The minimum absolute atomic E-state index is 0.0930. The van der Waals surface area contributed by atoms with Crippen molar-refractivity contribution < 1.29 is 9.50 Å². The topological polar surface area (TPSA) is 122 Å². The van der Waals surface area contributed by atoms with Crippen LogP contribution < -0.4 is 10.9 Å². The second-order valence-electron chi connectivity index (χ2n) is 7.07. The van der Waals surface area contributed by atoms with Crippen LogP contribution in [0.4, 0.5) is 16.2 Å². The van der Waals surface area contributed by atoms with Crippen molar-refractivity contribution in [2.45, 2.75) is 6.04 Å². The van der Waals surface area contributed by atoms with E-state index in [0.717, 1.165) is 0 Å². The minimum Gasteiger partial charge on any atom is -0.394 e. The molecule has 4 aromatic rings. The maximum absolute atomic E-state index is 13.5. The summed E-state index contributed by atoms with van der Waals surface area (Å²) < 4.78 is 16.3. The Balaban J connectivity index is 1.65. The molecule has 0 aliphatic rings. The Kier molecular flexibility index (Phi) is 6.17. The van der Waals surface area contributed by atoms with E-state index in [0.29, 0.717) is 28.2 Å². The Hall–Kier alpha value is -4.07. The van der Waals surface area contributed by atoms with Gasteiger partial charge in [-0.05, 0) is 29.8 Å². The van der Waals surface area contributed by atoms with Crippen LogP contribution in [0.5, 0.6) is 0 Å². The average molecular weight is 466 g/mol. The Bertz CT molecular complexity index is 1430. The van der Waals surface area contributed by atoms with Crippen molar-refractivity contribution in [3.05, 3.63) is 87.3 Å². The van der Waals surface area contributed by atoms with Crippen molar-refractivity contribution in [3.63, 3.8) is 0 Å². The van der Waals surface area contributed by atoms with E-state index in [1.165, 1.54) is 52.1 Å². The van der Waals surface area contributed by atoms with E-state index in [1.54, 1.807) is 19.2 Å². The van der Waals surface area contributed by atoms with Crippen LogP contribution >= 0.6 is 11.6 Å². The summed E-state index contributed by atoms with van der Waals surface area (Å²) in [6, 6.07) is 10.0. The number of aliphatic hydroxyl groups excluding tert-OH is 1. The van der Waals surface area contributed by atoms with E-state index >= 15 is 0 Å². The van der Waals surface area contributed by atoms with Crippen LogP contribution in [-0.2, 0) is 7.05 Å². The van der Waals surface area contributed by atoms with Gasteiger partial charge in [-0.1, -0.05) is 17.7 Å². The summed E-state index contributed by atoms with van der Waals surface area (Å²) >= 11 is 5.85. The van der Waals surface area contributed by atoms with Crippen molar-refractivity contribution in [1.29, 1.82) is 5.26 Å². The van der Waals surface area contributed by atoms with Gasteiger partial charge in [-0.2, -0.15) is 10.4 Å². The number of nitriles is 1. The Morgan fingerprint density at radius 3 is 2.82 bits per heavy atom. The van der Waals surface area contributed by atoms with E-state index in [-0.39, 0.29) is 17.6 Å². The third-order valence-corrected chi connectivity index (χ3v) is 5.32. The summed E-state index contributed by atoms with van der Waals surface area (Å²) in [5.41, 5.74) is 1.45. The quantitative estimate of drug-likeness (QED) is 0.448. The van der Waals surface area contributed by atoms with E-state index in [1.807, 2.05) is 6.07 Å². The normalized spacial score (nSPS) is 11.7. The molecule has 0 saturated heterocycles. The molecule has 1 atom stereocenters. The Morgan fingerprint density at radius 2 is 2.12 bits per heavy atom. The molecular formula is C22H17ClFN7O2. The number of aryl methyl sites for hydroxylation is 1.